The Morgan fingerprint density at radius 3 is 2.41 bits per heavy atom. The smallest absolute Gasteiger partial charge is 0.416 e. The molecule has 1 saturated carbocycles. The predicted octanol–water partition coefficient (Wildman–Crippen LogP) is 7.31. The summed E-state index contributed by atoms with van der Waals surface area (Å²) in [6.07, 6.45) is 1.78. The molecule has 39 heavy (non-hydrogen) atoms. The van der Waals surface area contributed by atoms with E-state index in [9.17, 15) is 23.1 Å². The van der Waals surface area contributed by atoms with E-state index < -0.39 is 23.3 Å². The van der Waals surface area contributed by atoms with Gasteiger partial charge in [-0.05, 0) is 62.6 Å². The van der Waals surface area contributed by atoms with Gasteiger partial charge in [-0.3, -0.25) is 0 Å². The Balaban J connectivity index is 1.35. The van der Waals surface area contributed by atoms with E-state index in [2.05, 4.69) is 6.92 Å². The third kappa shape index (κ3) is 6.94. The summed E-state index contributed by atoms with van der Waals surface area (Å²) in [5.41, 5.74) is -1.17. The Bertz CT molecular complexity index is 1280. The van der Waals surface area contributed by atoms with E-state index >= 15 is 0 Å². The van der Waals surface area contributed by atoms with Gasteiger partial charge in [-0.25, -0.2) is 9.78 Å². The fourth-order valence-corrected chi connectivity index (χ4v) is 4.97. The molecule has 1 aliphatic carbocycles. The van der Waals surface area contributed by atoms with E-state index in [4.69, 9.17) is 18.9 Å². The van der Waals surface area contributed by atoms with E-state index in [0.29, 0.717) is 24.3 Å². The molecule has 1 fully saturated rings. The van der Waals surface area contributed by atoms with Crippen LogP contribution in [-0.2, 0) is 29.2 Å². The maximum Gasteiger partial charge on any atom is 0.416 e. The third-order valence-corrected chi connectivity index (χ3v) is 7.40. The summed E-state index contributed by atoms with van der Waals surface area (Å²) in [6, 6.07) is 11.1. The van der Waals surface area contributed by atoms with Crippen molar-refractivity contribution in [2.75, 3.05) is 6.61 Å². The second kappa shape index (κ2) is 11.3. The molecule has 4 rings (SSSR count). The molecule has 1 unspecified atom stereocenters. The minimum atomic E-state index is -4.56. The number of nitrogens with zero attached hydrogens (tertiary/aromatic N) is 1. The van der Waals surface area contributed by atoms with Crippen molar-refractivity contribution in [3.8, 4) is 11.5 Å². The van der Waals surface area contributed by atoms with E-state index in [1.165, 1.54) is 38.3 Å². The van der Waals surface area contributed by atoms with Crippen molar-refractivity contribution in [2.45, 2.75) is 82.9 Å². The van der Waals surface area contributed by atoms with Crippen LogP contribution < -0.4 is 9.47 Å². The van der Waals surface area contributed by atoms with Gasteiger partial charge < -0.3 is 19.0 Å². The number of ether oxygens (including phenoxy) is 2. The molecule has 0 aliphatic heterocycles. The first-order valence-electron chi connectivity index (χ1n) is 13.2. The minimum Gasteiger partial charge on any atom is -0.493 e. The van der Waals surface area contributed by atoms with Gasteiger partial charge in [0, 0.05) is 18.3 Å². The molecule has 9 heteroatoms. The van der Waals surface area contributed by atoms with Crippen LogP contribution in [0.4, 0.5) is 13.2 Å². The molecule has 1 aromatic heterocycles. The Hall–Kier alpha value is -3.49. The molecule has 1 heterocycles. The van der Waals surface area contributed by atoms with Crippen molar-refractivity contribution >= 4 is 5.97 Å². The van der Waals surface area contributed by atoms with Gasteiger partial charge in [0.15, 0.2) is 0 Å². The number of oxazole rings is 1. The van der Waals surface area contributed by atoms with Crippen molar-refractivity contribution in [3.05, 3.63) is 77.0 Å². The third-order valence-electron chi connectivity index (χ3n) is 7.40. The first-order valence-corrected chi connectivity index (χ1v) is 13.2. The number of hydrogen-bond donors (Lipinski definition) is 1. The standard InChI is InChI=1S/C30H34F3NO5/c1-20-25(34-26(38-20)28(2)15-5-4-6-16-28)14-17-37-23-12-10-21(11-13-23)19-29(3,27(35)36)39-24-9-7-8-22(18-24)30(31,32)33/h7-13,18H,4-6,14-17,19H2,1-3H3,(H,35,36). The van der Waals surface area contributed by atoms with Crippen LogP contribution in [0.5, 0.6) is 11.5 Å². The van der Waals surface area contributed by atoms with Crippen LogP contribution in [0.15, 0.2) is 52.9 Å². The number of aryl methyl sites for hydroxylation is 1. The van der Waals surface area contributed by atoms with Crippen molar-refractivity contribution < 1.29 is 37.0 Å². The zero-order valence-electron chi connectivity index (χ0n) is 22.4. The van der Waals surface area contributed by atoms with Crippen molar-refractivity contribution in [1.82, 2.24) is 4.98 Å². The Morgan fingerprint density at radius 2 is 1.77 bits per heavy atom. The maximum absolute atomic E-state index is 13.1. The summed E-state index contributed by atoms with van der Waals surface area (Å²) in [5.74, 6) is 0.774. The van der Waals surface area contributed by atoms with Crippen LogP contribution in [-0.4, -0.2) is 28.3 Å². The molecule has 0 saturated heterocycles. The summed E-state index contributed by atoms with van der Waals surface area (Å²) in [4.78, 5) is 16.8. The minimum absolute atomic E-state index is 0.00670. The van der Waals surface area contributed by atoms with Crippen LogP contribution in [0.1, 0.15) is 74.4 Å². The number of carboxylic acid groups (broad SMARTS) is 1. The number of hydrogen-bond acceptors (Lipinski definition) is 5. The largest absolute Gasteiger partial charge is 0.493 e. The number of carboxylic acids is 1. The average molecular weight is 546 g/mol. The lowest BCUT2D eigenvalue weighted by atomic mass is 9.76. The van der Waals surface area contributed by atoms with Crippen molar-refractivity contribution in [1.29, 1.82) is 0 Å². The molecule has 0 amide bonds. The predicted molar refractivity (Wildman–Crippen MR) is 139 cm³/mol. The highest BCUT2D eigenvalue weighted by Crippen LogP contribution is 2.39. The van der Waals surface area contributed by atoms with E-state index in [1.54, 1.807) is 24.3 Å². The second-order valence-electron chi connectivity index (χ2n) is 10.7. The van der Waals surface area contributed by atoms with Crippen LogP contribution in [0.2, 0.25) is 0 Å². The van der Waals surface area contributed by atoms with E-state index in [0.717, 1.165) is 42.3 Å². The summed E-state index contributed by atoms with van der Waals surface area (Å²) in [7, 11) is 0. The highest BCUT2D eigenvalue weighted by atomic mass is 19.4. The highest BCUT2D eigenvalue weighted by molar-refractivity contribution is 5.78. The highest BCUT2D eigenvalue weighted by Gasteiger charge is 2.37. The van der Waals surface area contributed by atoms with Gasteiger partial charge >= 0.3 is 12.1 Å². The topological polar surface area (TPSA) is 81.8 Å². The molecule has 0 spiro atoms. The first-order chi connectivity index (χ1) is 18.4. The number of halogens is 3. The van der Waals surface area contributed by atoms with Gasteiger partial charge in [0.25, 0.3) is 0 Å². The molecular formula is C30H34F3NO5. The number of aliphatic carboxylic acids is 1. The van der Waals surface area contributed by atoms with Crippen LogP contribution in [0, 0.1) is 6.92 Å². The monoisotopic (exact) mass is 545 g/mol. The fraction of sp³-hybridized carbons (Fsp3) is 0.467. The average Bonchev–Trinajstić information content (AvgIpc) is 3.26. The Kier molecular flexibility index (Phi) is 8.28. The summed E-state index contributed by atoms with van der Waals surface area (Å²) >= 11 is 0. The molecule has 210 valence electrons. The normalized spacial score (nSPS) is 16.9. The number of rotatable bonds is 10. The van der Waals surface area contributed by atoms with Gasteiger partial charge in [0.1, 0.15) is 17.3 Å². The number of carbonyl (C=O) groups is 1. The lowest BCUT2D eigenvalue weighted by Crippen LogP contribution is -2.43. The maximum atomic E-state index is 13.1. The van der Waals surface area contributed by atoms with Gasteiger partial charge in [-0.2, -0.15) is 13.2 Å². The molecule has 3 aromatic rings. The zero-order valence-corrected chi connectivity index (χ0v) is 22.4. The molecule has 0 bridgehead atoms. The van der Waals surface area contributed by atoms with Gasteiger partial charge in [0.05, 0.1) is 17.9 Å². The van der Waals surface area contributed by atoms with Gasteiger partial charge in [-0.15, -0.1) is 0 Å². The molecule has 6 nitrogen and oxygen atoms in total. The second-order valence-corrected chi connectivity index (χ2v) is 10.7. The van der Waals surface area contributed by atoms with Crippen molar-refractivity contribution in [3.63, 3.8) is 0 Å². The van der Waals surface area contributed by atoms with Crippen LogP contribution >= 0.6 is 0 Å². The lowest BCUT2D eigenvalue weighted by Gasteiger charge is -2.30. The zero-order chi connectivity index (χ0) is 28.3. The fourth-order valence-electron chi connectivity index (χ4n) is 4.97. The SMILES string of the molecule is Cc1oc(C2(C)CCCCC2)nc1CCOc1ccc(CC(C)(Oc2cccc(C(F)(F)F)c2)C(=O)O)cc1. The molecule has 1 aliphatic rings. The van der Waals surface area contributed by atoms with Gasteiger partial charge in [-0.1, -0.05) is 44.4 Å². The van der Waals surface area contributed by atoms with E-state index in [1.807, 2.05) is 6.92 Å². The number of benzene rings is 2. The lowest BCUT2D eigenvalue weighted by molar-refractivity contribution is -0.153. The molecule has 1 atom stereocenters. The summed E-state index contributed by atoms with van der Waals surface area (Å²) in [6.45, 7) is 5.88. The van der Waals surface area contributed by atoms with Crippen LogP contribution in [0.25, 0.3) is 0 Å². The van der Waals surface area contributed by atoms with Crippen LogP contribution in [0.3, 0.4) is 0 Å². The van der Waals surface area contributed by atoms with E-state index in [-0.39, 0.29) is 17.6 Å². The molecule has 0 radical (unpaired) electrons. The molecule has 2 aromatic carbocycles. The summed E-state index contributed by atoms with van der Waals surface area (Å²) < 4.78 is 56.6. The molecular weight excluding hydrogens is 511 g/mol. The van der Waals surface area contributed by atoms with Crippen molar-refractivity contribution in [2.24, 2.45) is 0 Å². The van der Waals surface area contributed by atoms with Gasteiger partial charge in [0.2, 0.25) is 11.5 Å². The quantitative estimate of drug-likeness (QED) is 0.288. The Labute approximate surface area is 226 Å². The summed E-state index contributed by atoms with van der Waals surface area (Å²) in [5, 5.41) is 9.80. The first kappa shape index (κ1) is 28.5. The number of aromatic nitrogens is 1. The number of alkyl halides is 3. The molecule has 1 N–H and O–H groups in total. The Morgan fingerprint density at radius 1 is 1.08 bits per heavy atom.